The third-order valence-corrected chi connectivity index (χ3v) is 4.65. The summed E-state index contributed by atoms with van der Waals surface area (Å²) in [6.45, 7) is 7.42. The third kappa shape index (κ3) is 2.40. The molecule has 0 radical (unpaired) electrons. The average Bonchev–Trinajstić information content (AvgIpc) is 2.82. The highest BCUT2D eigenvalue weighted by molar-refractivity contribution is 5.40. The Bertz CT molecular complexity index is 640. The number of rotatable bonds is 5. The lowest BCUT2D eigenvalue weighted by atomic mass is 9.77. The van der Waals surface area contributed by atoms with Gasteiger partial charge in [0.05, 0.1) is 5.69 Å². The number of benzene rings is 1. The molecule has 0 aliphatic heterocycles. The van der Waals surface area contributed by atoms with Crippen LogP contribution >= 0.6 is 0 Å². The number of hydrogen-bond donors (Lipinski definition) is 1. The lowest BCUT2D eigenvalue weighted by Crippen LogP contribution is -2.23. The van der Waals surface area contributed by atoms with Gasteiger partial charge in [0.2, 0.25) is 0 Å². The van der Waals surface area contributed by atoms with Gasteiger partial charge in [-0.05, 0) is 37.3 Å². The van der Waals surface area contributed by atoms with Gasteiger partial charge in [-0.15, -0.1) is 0 Å². The van der Waals surface area contributed by atoms with Crippen molar-refractivity contribution >= 4 is 0 Å². The molecule has 0 saturated carbocycles. The molecule has 2 aromatic rings. The van der Waals surface area contributed by atoms with E-state index < -0.39 is 0 Å². The Kier molecular flexibility index (Phi) is 3.85. The van der Waals surface area contributed by atoms with Crippen LogP contribution in [0.1, 0.15) is 60.8 Å². The monoisotopic (exact) mass is 283 g/mol. The second-order valence-corrected chi connectivity index (χ2v) is 6.08. The summed E-state index contributed by atoms with van der Waals surface area (Å²) in [5.41, 5.74) is 12.9. The van der Waals surface area contributed by atoms with Crippen LogP contribution in [0.4, 0.5) is 0 Å². The zero-order chi connectivity index (χ0) is 15.0. The van der Waals surface area contributed by atoms with E-state index in [0.29, 0.717) is 5.92 Å². The predicted molar refractivity (Wildman–Crippen MR) is 86.5 cm³/mol. The largest absolute Gasteiger partial charge is 0.324 e. The van der Waals surface area contributed by atoms with Crippen molar-refractivity contribution in [3.05, 3.63) is 52.3 Å². The van der Waals surface area contributed by atoms with Gasteiger partial charge in [0.1, 0.15) is 0 Å². The van der Waals surface area contributed by atoms with E-state index in [1.807, 2.05) is 0 Å². The zero-order valence-electron chi connectivity index (χ0n) is 13.3. The Labute approximate surface area is 127 Å². The summed E-state index contributed by atoms with van der Waals surface area (Å²) in [5, 5.41) is 4.85. The molecule has 1 aromatic heterocycles. The molecular formula is C18H25N3. The average molecular weight is 283 g/mol. The Balaban J connectivity index is 1.90. The first-order valence-corrected chi connectivity index (χ1v) is 8.07. The Morgan fingerprint density at radius 3 is 2.67 bits per heavy atom. The third-order valence-electron chi connectivity index (χ3n) is 4.65. The van der Waals surface area contributed by atoms with Crippen LogP contribution in [0.5, 0.6) is 0 Å². The smallest absolute Gasteiger partial charge is 0.0672 e. The zero-order valence-corrected chi connectivity index (χ0v) is 13.3. The maximum absolute atomic E-state index is 6.18. The molecule has 3 rings (SSSR count). The maximum atomic E-state index is 6.18. The van der Waals surface area contributed by atoms with E-state index >= 15 is 0 Å². The van der Waals surface area contributed by atoms with Crippen LogP contribution < -0.4 is 5.73 Å². The summed E-state index contributed by atoms with van der Waals surface area (Å²) in [7, 11) is 0. The van der Waals surface area contributed by atoms with Crippen LogP contribution in [0.25, 0.3) is 0 Å². The van der Waals surface area contributed by atoms with Gasteiger partial charge in [0, 0.05) is 29.8 Å². The van der Waals surface area contributed by atoms with Crippen LogP contribution in [0.3, 0.4) is 0 Å². The molecule has 3 nitrogen and oxygen atoms in total. The van der Waals surface area contributed by atoms with Gasteiger partial charge >= 0.3 is 0 Å². The van der Waals surface area contributed by atoms with Gasteiger partial charge in [0.25, 0.3) is 0 Å². The van der Waals surface area contributed by atoms with Crippen LogP contribution in [0.15, 0.2) is 24.3 Å². The molecule has 2 N–H and O–H groups in total. The number of nitrogens with two attached hydrogens (primary N) is 1. The van der Waals surface area contributed by atoms with Crippen molar-refractivity contribution in [2.75, 3.05) is 0 Å². The van der Waals surface area contributed by atoms with Crippen molar-refractivity contribution in [2.45, 2.75) is 58.5 Å². The highest BCUT2D eigenvalue weighted by Crippen LogP contribution is 2.36. The summed E-state index contributed by atoms with van der Waals surface area (Å²) in [6.07, 6.45) is 3.13. The molecule has 21 heavy (non-hydrogen) atoms. The first kappa shape index (κ1) is 14.3. The van der Waals surface area contributed by atoms with Crippen LogP contribution in [0.2, 0.25) is 0 Å². The lowest BCUT2D eigenvalue weighted by molar-refractivity contribution is 0.460. The number of hydrogen-bond acceptors (Lipinski definition) is 2. The van der Waals surface area contributed by atoms with E-state index in [2.05, 4.69) is 49.7 Å². The van der Waals surface area contributed by atoms with Gasteiger partial charge in [-0.1, -0.05) is 38.1 Å². The molecule has 0 amide bonds. The van der Waals surface area contributed by atoms with Crippen molar-refractivity contribution in [1.82, 2.24) is 9.78 Å². The van der Waals surface area contributed by atoms with Gasteiger partial charge in [-0.3, -0.25) is 4.68 Å². The Hall–Kier alpha value is -1.61. The quantitative estimate of drug-likeness (QED) is 0.914. The topological polar surface area (TPSA) is 43.8 Å². The molecule has 0 spiro atoms. The van der Waals surface area contributed by atoms with Crippen molar-refractivity contribution in [3.63, 3.8) is 0 Å². The van der Waals surface area contributed by atoms with Gasteiger partial charge < -0.3 is 5.73 Å². The molecule has 2 unspecified atom stereocenters. The summed E-state index contributed by atoms with van der Waals surface area (Å²) >= 11 is 0. The molecule has 1 aliphatic carbocycles. The lowest BCUT2D eigenvalue weighted by Gasteiger charge is -2.30. The van der Waals surface area contributed by atoms with Gasteiger partial charge in [-0.2, -0.15) is 5.10 Å². The van der Waals surface area contributed by atoms with Crippen LogP contribution in [-0.4, -0.2) is 9.78 Å². The van der Waals surface area contributed by atoms with Gasteiger partial charge in [-0.25, -0.2) is 0 Å². The summed E-state index contributed by atoms with van der Waals surface area (Å²) in [4.78, 5) is 0. The van der Waals surface area contributed by atoms with E-state index in [4.69, 9.17) is 10.8 Å². The van der Waals surface area contributed by atoms with E-state index in [-0.39, 0.29) is 6.04 Å². The minimum atomic E-state index is 0.0670. The highest BCUT2D eigenvalue weighted by Gasteiger charge is 2.28. The highest BCUT2D eigenvalue weighted by atomic mass is 15.3. The van der Waals surface area contributed by atoms with E-state index in [9.17, 15) is 0 Å². The van der Waals surface area contributed by atoms with Gasteiger partial charge in [0.15, 0.2) is 0 Å². The van der Waals surface area contributed by atoms with Crippen molar-refractivity contribution in [3.8, 4) is 0 Å². The van der Waals surface area contributed by atoms with E-state index in [1.165, 1.54) is 34.5 Å². The second-order valence-electron chi connectivity index (χ2n) is 6.08. The van der Waals surface area contributed by atoms with Crippen molar-refractivity contribution in [2.24, 2.45) is 5.73 Å². The number of nitrogens with zero attached hydrogens (tertiary/aromatic N) is 2. The first-order valence-electron chi connectivity index (χ1n) is 8.07. The fourth-order valence-corrected chi connectivity index (χ4v) is 3.61. The molecule has 1 heterocycles. The number of aryl methyl sites for hydroxylation is 1. The van der Waals surface area contributed by atoms with E-state index in [0.717, 1.165) is 19.4 Å². The predicted octanol–water partition coefficient (Wildman–Crippen LogP) is 3.37. The fraction of sp³-hybridized carbons (Fsp3) is 0.500. The van der Waals surface area contributed by atoms with Crippen molar-refractivity contribution in [1.29, 1.82) is 0 Å². The normalized spacial score (nSPS) is 18.2. The summed E-state index contributed by atoms with van der Waals surface area (Å²) in [5.74, 6) is 0.608. The second kappa shape index (κ2) is 5.64. The SMILES string of the molecule is CCc1nn(CC2Cc3ccccc32)c(CC)c1C(C)N. The minimum absolute atomic E-state index is 0.0670. The van der Waals surface area contributed by atoms with Crippen LogP contribution in [0, 0.1) is 0 Å². The van der Waals surface area contributed by atoms with Crippen LogP contribution in [-0.2, 0) is 25.8 Å². The fourth-order valence-electron chi connectivity index (χ4n) is 3.61. The molecule has 1 aliphatic rings. The number of aromatic nitrogens is 2. The van der Waals surface area contributed by atoms with E-state index in [1.54, 1.807) is 0 Å². The summed E-state index contributed by atoms with van der Waals surface area (Å²) < 4.78 is 2.22. The maximum Gasteiger partial charge on any atom is 0.0672 e. The van der Waals surface area contributed by atoms with Crippen molar-refractivity contribution < 1.29 is 0 Å². The Morgan fingerprint density at radius 1 is 1.29 bits per heavy atom. The first-order chi connectivity index (χ1) is 10.2. The summed E-state index contributed by atoms with van der Waals surface area (Å²) in [6, 6.07) is 8.83. The molecule has 2 atom stereocenters. The standard InChI is InChI=1S/C18H25N3/c1-4-16-18(12(3)19)17(5-2)21(20-16)11-14-10-13-8-6-7-9-15(13)14/h6-9,12,14H,4-5,10-11,19H2,1-3H3. The Morgan fingerprint density at radius 2 is 2.05 bits per heavy atom. The molecule has 1 aromatic carbocycles. The molecule has 112 valence electrons. The minimum Gasteiger partial charge on any atom is -0.324 e. The molecule has 3 heteroatoms. The molecule has 0 fully saturated rings. The molecule has 0 bridgehead atoms. The molecule has 0 saturated heterocycles. The molecular weight excluding hydrogens is 258 g/mol. The number of fused-ring (bicyclic) bond motifs is 1.